The van der Waals surface area contributed by atoms with Crippen LogP contribution in [0.25, 0.3) is 12.2 Å². The third-order valence-electron chi connectivity index (χ3n) is 5.01. The Hall–Kier alpha value is -4.20. The Bertz CT molecular complexity index is 1220. The van der Waals surface area contributed by atoms with Gasteiger partial charge in [0.1, 0.15) is 0 Å². The molecule has 14 heteroatoms. The lowest BCUT2D eigenvalue weighted by molar-refractivity contribution is -0.276. The summed E-state index contributed by atoms with van der Waals surface area (Å²) in [5, 5.41) is 29.7. The van der Waals surface area contributed by atoms with Crippen LogP contribution in [0.15, 0.2) is 48.6 Å². The number of carbonyl (C=O) groups excluding carboxylic acids is 2. The fraction of sp³-hybridized carbons (Fsp3) is 0.280. The molecule has 8 nitrogen and oxygen atoms in total. The number of alkyl halides is 6. The van der Waals surface area contributed by atoms with Gasteiger partial charge in [-0.3, -0.25) is 9.59 Å². The van der Waals surface area contributed by atoms with Crippen LogP contribution in [0.5, 0.6) is 23.0 Å². The molecule has 2 unspecified atom stereocenters. The van der Waals surface area contributed by atoms with E-state index in [2.05, 4.69) is 14.2 Å². The minimum Gasteiger partial charge on any atom is -0.504 e. The highest BCUT2D eigenvalue weighted by atomic mass is 19.4. The summed E-state index contributed by atoms with van der Waals surface area (Å²) in [6.45, 7) is 0. The molecule has 0 spiro atoms. The van der Waals surface area contributed by atoms with Gasteiger partial charge in [0, 0.05) is 6.42 Å². The van der Waals surface area contributed by atoms with Gasteiger partial charge in [0.2, 0.25) is 0 Å². The Labute approximate surface area is 217 Å². The number of ketones is 1. The average Bonchev–Trinajstić information content (AvgIpc) is 2.83. The van der Waals surface area contributed by atoms with Crippen molar-refractivity contribution in [2.45, 2.75) is 31.7 Å². The summed E-state index contributed by atoms with van der Waals surface area (Å²) in [4.78, 5) is 24.4. The topological polar surface area (TPSA) is 123 Å². The molecule has 2 rings (SSSR count). The summed E-state index contributed by atoms with van der Waals surface area (Å²) in [6, 6.07) is 5.88. The monoisotopic (exact) mass is 564 g/mol. The zero-order chi connectivity index (χ0) is 29.4. The van der Waals surface area contributed by atoms with E-state index in [4.69, 9.17) is 0 Å². The lowest BCUT2D eigenvalue weighted by Crippen LogP contribution is -2.26. The van der Waals surface area contributed by atoms with Gasteiger partial charge >= 0.3 is 18.7 Å². The summed E-state index contributed by atoms with van der Waals surface area (Å²) in [6.07, 6.45) is -8.02. The van der Waals surface area contributed by atoms with E-state index in [-0.39, 0.29) is 24.0 Å². The maximum absolute atomic E-state index is 12.8. The number of esters is 1. The number of rotatable bonds is 11. The van der Waals surface area contributed by atoms with Gasteiger partial charge in [-0.1, -0.05) is 30.4 Å². The molecule has 0 bridgehead atoms. The molecule has 0 radical (unpaired) electrons. The first-order valence-corrected chi connectivity index (χ1v) is 10.9. The smallest absolute Gasteiger partial charge is 0.504 e. The zero-order valence-electron chi connectivity index (χ0n) is 20.0. The molecule has 0 aliphatic rings. The lowest BCUT2D eigenvalue weighted by atomic mass is 9.91. The summed E-state index contributed by atoms with van der Waals surface area (Å²) >= 11 is 0. The highest BCUT2D eigenvalue weighted by Gasteiger charge is 2.33. The molecule has 0 amide bonds. The van der Waals surface area contributed by atoms with Crippen molar-refractivity contribution in [1.29, 1.82) is 0 Å². The Morgan fingerprint density at radius 1 is 0.872 bits per heavy atom. The minimum atomic E-state index is -5.08. The zero-order valence-corrected chi connectivity index (χ0v) is 20.0. The number of aliphatic hydroxyl groups is 1. The number of benzene rings is 2. The molecule has 0 saturated heterocycles. The normalized spacial score (nSPS) is 13.8. The molecule has 0 aliphatic carbocycles. The number of aromatic hydroxyl groups is 2. The van der Waals surface area contributed by atoms with Gasteiger partial charge in [-0.15, -0.1) is 26.3 Å². The number of phenols is 2. The molecule has 0 heterocycles. The minimum absolute atomic E-state index is 0.0263. The molecular weight excluding hydrogens is 542 g/mol. The van der Waals surface area contributed by atoms with Gasteiger partial charge in [-0.2, -0.15) is 0 Å². The summed E-state index contributed by atoms with van der Waals surface area (Å²) in [5.74, 6) is -6.14. The van der Waals surface area contributed by atoms with Gasteiger partial charge in [0.25, 0.3) is 0 Å². The van der Waals surface area contributed by atoms with Crippen molar-refractivity contribution in [1.82, 2.24) is 0 Å². The van der Waals surface area contributed by atoms with Crippen molar-refractivity contribution < 1.29 is 65.5 Å². The van der Waals surface area contributed by atoms with Crippen molar-refractivity contribution in [3.8, 4) is 23.0 Å². The number of ether oxygens (including phenoxy) is 3. The molecule has 0 aliphatic heterocycles. The third-order valence-corrected chi connectivity index (χ3v) is 5.01. The molecule has 3 N–H and O–H groups in total. The van der Waals surface area contributed by atoms with Crippen molar-refractivity contribution in [3.05, 3.63) is 59.7 Å². The summed E-state index contributed by atoms with van der Waals surface area (Å²) in [7, 11) is 1.10. The van der Waals surface area contributed by atoms with E-state index in [9.17, 15) is 51.3 Å². The van der Waals surface area contributed by atoms with E-state index >= 15 is 0 Å². The van der Waals surface area contributed by atoms with Crippen LogP contribution >= 0.6 is 0 Å². The number of methoxy groups -OCH3 is 1. The number of hydrogen-bond acceptors (Lipinski definition) is 8. The number of carbonyl (C=O) groups is 2. The van der Waals surface area contributed by atoms with Gasteiger partial charge in [0.05, 0.1) is 19.1 Å². The van der Waals surface area contributed by atoms with Gasteiger partial charge < -0.3 is 29.5 Å². The van der Waals surface area contributed by atoms with Crippen molar-refractivity contribution in [2.24, 2.45) is 5.92 Å². The van der Waals surface area contributed by atoms with Crippen molar-refractivity contribution in [2.75, 3.05) is 7.11 Å². The molecule has 39 heavy (non-hydrogen) atoms. The Morgan fingerprint density at radius 2 is 1.36 bits per heavy atom. The van der Waals surface area contributed by atoms with Gasteiger partial charge in [-0.05, 0) is 47.9 Å². The third kappa shape index (κ3) is 10.6. The first-order chi connectivity index (χ1) is 18.1. The van der Waals surface area contributed by atoms with Crippen LogP contribution in [0, 0.1) is 5.92 Å². The van der Waals surface area contributed by atoms with E-state index < -0.39 is 59.5 Å². The van der Waals surface area contributed by atoms with E-state index in [1.165, 1.54) is 12.1 Å². The second-order valence-corrected chi connectivity index (χ2v) is 7.86. The van der Waals surface area contributed by atoms with Crippen LogP contribution in [0.4, 0.5) is 26.3 Å². The van der Waals surface area contributed by atoms with E-state index in [0.717, 1.165) is 55.7 Å². The van der Waals surface area contributed by atoms with Crippen molar-refractivity contribution >= 4 is 23.9 Å². The van der Waals surface area contributed by atoms with Crippen LogP contribution in [0.2, 0.25) is 0 Å². The van der Waals surface area contributed by atoms with E-state index in [1.54, 1.807) is 0 Å². The molecule has 0 saturated carbocycles. The molecule has 0 fully saturated rings. The standard InChI is InChI=1S/C25H22F6O8/c1-37-23(36)11-6-16(17(32)7-2-14-4-9-19(34)21(12-14)38-24(26,27)28)18(33)8-3-15-5-10-20(35)22(13-15)39-25(29,30)31/h2-5,7-10,12-13,16-17,32,34-35H,6,11H2,1H3/b7-2+,8-3+. The predicted molar refractivity (Wildman–Crippen MR) is 123 cm³/mol. The molecule has 212 valence electrons. The molecule has 2 aromatic carbocycles. The quantitative estimate of drug-likeness (QED) is 0.195. The number of halogens is 6. The van der Waals surface area contributed by atoms with E-state index in [1.807, 2.05) is 0 Å². The SMILES string of the molecule is COC(=O)CCC(C(=O)/C=C/c1ccc(O)c(OC(F)(F)F)c1)C(O)/C=C/c1ccc(O)c(OC(F)(F)F)c1. The summed E-state index contributed by atoms with van der Waals surface area (Å²) in [5.41, 5.74) is 0.0838. The molecule has 2 aromatic rings. The van der Waals surface area contributed by atoms with Crippen LogP contribution < -0.4 is 9.47 Å². The molecule has 2 atom stereocenters. The largest absolute Gasteiger partial charge is 0.573 e. The average molecular weight is 564 g/mol. The predicted octanol–water partition coefficient (Wildman–Crippen LogP) is 5.12. The first-order valence-electron chi connectivity index (χ1n) is 10.9. The number of allylic oxidation sites excluding steroid dienone is 1. The number of phenolic OH excluding ortho intramolecular Hbond substituents is 2. The van der Waals surface area contributed by atoms with Crippen LogP contribution in [0.1, 0.15) is 24.0 Å². The Kier molecular flexibility index (Phi) is 10.4. The van der Waals surface area contributed by atoms with E-state index in [0.29, 0.717) is 0 Å². The second kappa shape index (κ2) is 13.0. The van der Waals surface area contributed by atoms with Gasteiger partial charge in [0.15, 0.2) is 28.8 Å². The molecular formula is C25H22F6O8. The lowest BCUT2D eigenvalue weighted by Gasteiger charge is -2.17. The maximum atomic E-state index is 12.8. The van der Waals surface area contributed by atoms with Crippen LogP contribution in [-0.4, -0.2) is 53.0 Å². The number of aliphatic hydroxyl groups excluding tert-OH is 1. The molecule has 0 aromatic heterocycles. The van der Waals surface area contributed by atoms with Gasteiger partial charge in [-0.25, -0.2) is 0 Å². The fourth-order valence-corrected chi connectivity index (χ4v) is 3.18. The fourth-order valence-electron chi connectivity index (χ4n) is 3.18. The number of hydrogen-bond donors (Lipinski definition) is 3. The van der Waals surface area contributed by atoms with Crippen LogP contribution in [-0.2, 0) is 14.3 Å². The second-order valence-electron chi connectivity index (χ2n) is 7.86. The first kappa shape index (κ1) is 31.0. The van der Waals surface area contributed by atoms with Crippen LogP contribution in [0.3, 0.4) is 0 Å². The highest BCUT2D eigenvalue weighted by Crippen LogP contribution is 2.34. The Morgan fingerprint density at radius 3 is 1.82 bits per heavy atom. The highest BCUT2D eigenvalue weighted by molar-refractivity contribution is 5.96. The Balaban J connectivity index is 2.26. The van der Waals surface area contributed by atoms with Crippen molar-refractivity contribution in [3.63, 3.8) is 0 Å². The summed E-state index contributed by atoms with van der Waals surface area (Å²) < 4.78 is 87.0. The maximum Gasteiger partial charge on any atom is 0.573 e.